The van der Waals surface area contributed by atoms with E-state index in [1.54, 1.807) is 7.11 Å². The quantitative estimate of drug-likeness (QED) is 0.722. The van der Waals surface area contributed by atoms with E-state index < -0.39 is 0 Å². The summed E-state index contributed by atoms with van der Waals surface area (Å²) >= 11 is 0. The number of aromatic amines is 1. The Kier molecular flexibility index (Phi) is 4.71. The lowest BCUT2D eigenvalue weighted by atomic mass is 9.86. The fourth-order valence-corrected chi connectivity index (χ4v) is 4.50. The predicted molar refractivity (Wildman–Crippen MR) is 102 cm³/mol. The molecule has 140 valence electrons. The van der Waals surface area contributed by atoms with Crippen LogP contribution in [-0.2, 0) is 4.79 Å². The maximum Gasteiger partial charge on any atom is 0.225 e. The number of nitriles is 1. The van der Waals surface area contributed by atoms with Crippen molar-refractivity contribution in [1.82, 2.24) is 10.2 Å². The minimum absolute atomic E-state index is 0.0634. The maximum atomic E-state index is 12.4. The largest absolute Gasteiger partial charge is 0.497 e. The lowest BCUT2D eigenvalue weighted by Crippen LogP contribution is -2.20. The zero-order valence-electron chi connectivity index (χ0n) is 15.3. The van der Waals surface area contributed by atoms with Gasteiger partial charge in [0.25, 0.3) is 0 Å². The molecule has 7 heteroatoms. The Morgan fingerprint density at radius 3 is 2.78 bits per heavy atom. The van der Waals surface area contributed by atoms with Gasteiger partial charge >= 0.3 is 0 Å². The molecule has 27 heavy (non-hydrogen) atoms. The summed E-state index contributed by atoms with van der Waals surface area (Å²) in [4.78, 5) is 12.4. The topological polar surface area (TPSA) is 103 Å². The molecule has 1 heterocycles. The molecular formula is C20H23N5O2. The number of nitrogens with zero attached hydrogens (tertiary/aromatic N) is 2. The molecule has 3 atom stereocenters. The molecular weight excluding hydrogens is 342 g/mol. The molecule has 0 radical (unpaired) electrons. The van der Waals surface area contributed by atoms with Crippen LogP contribution in [0.3, 0.4) is 0 Å². The van der Waals surface area contributed by atoms with Crippen LogP contribution in [0.1, 0.15) is 37.7 Å². The Morgan fingerprint density at radius 1 is 1.33 bits per heavy atom. The van der Waals surface area contributed by atoms with E-state index in [1.807, 2.05) is 24.3 Å². The van der Waals surface area contributed by atoms with Crippen LogP contribution in [0.5, 0.6) is 5.75 Å². The van der Waals surface area contributed by atoms with E-state index in [2.05, 4.69) is 26.9 Å². The second-order valence-corrected chi connectivity index (χ2v) is 7.47. The van der Waals surface area contributed by atoms with Crippen LogP contribution in [0, 0.1) is 29.1 Å². The van der Waals surface area contributed by atoms with E-state index >= 15 is 0 Å². The molecule has 2 aromatic rings. The van der Waals surface area contributed by atoms with Crippen molar-refractivity contribution in [2.45, 2.75) is 32.1 Å². The van der Waals surface area contributed by atoms with Crippen molar-refractivity contribution in [2.24, 2.45) is 17.8 Å². The fraction of sp³-hybridized carbons (Fsp3) is 0.450. The lowest BCUT2D eigenvalue weighted by molar-refractivity contribution is -0.117. The highest BCUT2D eigenvalue weighted by Gasteiger charge is 2.40. The molecule has 2 saturated carbocycles. The molecule has 1 amide bonds. The van der Waals surface area contributed by atoms with Crippen molar-refractivity contribution in [3.63, 3.8) is 0 Å². The molecule has 0 unspecified atom stereocenters. The summed E-state index contributed by atoms with van der Waals surface area (Å²) in [5.41, 5.74) is 1.09. The second kappa shape index (κ2) is 7.31. The van der Waals surface area contributed by atoms with Gasteiger partial charge in [-0.05, 0) is 61.3 Å². The van der Waals surface area contributed by atoms with E-state index in [0.29, 0.717) is 29.6 Å². The summed E-state index contributed by atoms with van der Waals surface area (Å²) < 4.78 is 5.14. The van der Waals surface area contributed by atoms with E-state index in [-0.39, 0.29) is 11.7 Å². The zero-order chi connectivity index (χ0) is 18.8. The summed E-state index contributed by atoms with van der Waals surface area (Å²) in [7, 11) is 1.61. The van der Waals surface area contributed by atoms with Crippen LogP contribution in [-0.4, -0.2) is 23.2 Å². The smallest absolute Gasteiger partial charge is 0.225 e. The number of carbonyl (C=O) groups excluding carboxylic acids is 1. The minimum atomic E-state index is -0.0634. The number of methoxy groups -OCH3 is 1. The molecule has 0 spiro atoms. The molecule has 2 aliphatic rings. The molecule has 3 N–H and O–H groups in total. The predicted octanol–water partition coefficient (Wildman–Crippen LogP) is 3.80. The van der Waals surface area contributed by atoms with Gasteiger partial charge in [0.2, 0.25) is 5.91 Å². The SMILES string of the molecule is COc1ccc(Nc2[nH]nc(NC(=O)C[C@@H]3C[C@H]4CC[C@@H]3C4)c2C#N)cc1. The number of rotatable bonds is 6. The third-order valence-corrected chi connectivity index (χ3v) is 5.83. The average molecular weight is 365 g/mol. The van der Waals surface area contributed by atoms with Crippen molar-refractivity contribution in [3.05, 3.63) is 29.8 Å². The minimum Gasteiger partial charge on any atom is -0.497 e. The van der Waals surface area contributed by atoms with Crippen molar-refractivity contribution >= 4 is 23.2 Å². The number of benzene rings is 1. The first kappa shape index (κ1) is 17.4. The number of fused-ring (bicyclic) bond motifs is 2. The maximum absolute atomic E-state index is 12.4. The molecule has 1 aromatic heterocycles. The molecule has 2 aliphatic carbocycles. The van der Waals surface area contributed by atoms with Gasteiger partial charge in [-0.2, -0.15) is 10.4 Å². The van der Waals surface area contributed by atoms with Gasteiger partial charge in [0.05, 0.1) is 7.11 Å². The van der Waals surface area contributed by atoms with Gasteiger partial charge in [-0.25, -0.2) is 0 Å². The van der Waals surface area contributed by atoms with Crippen LogP contribution < -0.4 is 15.4 Å². The number of H-pyrrole nitrogens is 1. The van der Waals surface area contributed by atoms with Gasteiger partial charge in [-0.15, -0.1) is 0 Å². The van der Waals surface area contributed by atoms with E-state index in [4.69, 9.17) is 4.74 Å². The summed E-state index contributed by atoms with van der Waals surface area (Å²) in [6.45, 7) is 0. The van der Waals surface area contributed by atoms with E-state index in [1.165, 1.54) is 19.3 Å². The zero-order valence-corrected chi connectivity index (χ0v) is 15.3. The summed E-state index contributed by atoms with van der Waals surface area (Å²) in [5, 5.41) is 22.3. The first-order chi connectivity index (χ1) is 13.2. The number of carbonyl (C=O) groups is 1. The summed E-state index contributed by atoms with van der Waals surface area (Å²) in [5.74, 6) is 3.41. The van der Waals surface area contributed by atoms with Gasteiger partial charge in [0.1, 0.15) is 23.2 Å². The van der Waals surface area contributed by atoms with Gasteiger partial charge in [-0.1, -0.05) is 6.42 Å². The van der Waals surface area contributed by atoms with Crippen LogP contribution in [0.25, 0.3) is 0 Å². The number of amides is 1. The van der Waals surface area contributed by atoms with Crippen molar-refractivity contribution in [1.29, 1.82) is 5.26 Å². The van der Waals surface area contributed by atoms with Crippen LogP contribution >= 0.6 is 0 Å². The molecule has 0 aliphatic heterocycles. The monoisotopic (exact) mass is 365 g/mol. The first-order valence-corrected chi connectivity index (χ1v) is 9.35. The second-order valence-electron chi connectivity index (χ2n) is 7.47. The third-order valence-electron chi connectivity index (χ3n) is 5.83. The summed E-state index contributed by atoms with van der Waals surface area (Å²) in [6.07, 6.45) is 5.53. The summed E-state index contributed by atoms with van der Waals surface area (Å²) in [6, 6.07) is 9.44. The molecule has 2 fully saturated rings. The number of ether oxygens (including phenoxy) is 1. The van der Waals surface area contributed by atoms with Gasteiger partial charge in [0.15, 0.2) is 5.82 Å². The number of nitrogens with one attached hydrogen (secondary N) is 3. The van der Waals surface area contributed by atoms with Crippen LogP contribution in [0.4, 0.5) is 17.3 Å². The van der Waals surface area contributed by atoms with E-state index in [0.717, 1.165) is 23.8 Å². The Balaban J connectivity index is 1.41. The molecule has 1 aromatic carbocycles. The normalized spacial score (nSPS) is 23.0. The Morgan fingerprint density at radius 2 is 2.15 bits per heavy atom. The lowest BCUT2D eigenvalue weighted by Gasteiger charge is -2.20. The van der Waals surface area contributed by atoms with E-state index in [9.17, 15) is 10.1 Å². The van der Waals surface area contributed by atoms with Gasteiger partial charge < -0.3 is 15.4 Å². The fourth-order valence-electron chi connectivity index (χ4n) is 4.50. The molecule has 4 rings (SSSR count). The van der Waals surface area contributed by atoms with Crippen LogP contribution in [0.15, 0.2) is 24.3 Å². The highest BCUT2D eigenvalue weighted by molar-refractivity contribution is 5.92. The van der Waals surface area contributed by atoms with Crippen LogP contribution in [0.2, 0.25) is 0 Å². The third kappa shape index (κ3) is 3.61. The molecule has 0 saturated heterocycles. The van der Waals surface area contributed by atoms with Crippen molar-refractivity contribution in [2.75, 3.05) is 17.7 Å². The molecule has 2 bridgehead atoms. The Bertz CT molecular complexity index is 867. The van der Waals surface area contributed by atoms with Gasteiger partial charge in [0, 0.05) is 12.1 Å². The van der Waals surface area contributed by atoms with Gasteiger partial charge in [-0.3, -0.25) is 9.89 Å². The average Bonchev–Trinajstić information content (AvgIpc) is 3.38. The number of aromatic nitrogens is 2. The first-order valence-electron chi connectivity index (χ1n) is 9.35. The Hall–Kier alpha value is -3.01. The van der Waals surface area contributed by atoms with Crippen molar-refractivity contribution < 1.29 is 9.53 Å². The highest BCUT2D eigenvalue weighted by atomic mass is 16.5. The number of anilines is 3. The standard InChI is InChI=1S/C20H23N5O2/c1-27-16-6-4-15(5-7-16)22-19-17(11-21)20(25-24-19)23-18(26)10-14-9-12-2-3-13(14)8-12/h4-7,12-14H,2-3,8-10H2,1H3,(H3,22,23,24,25,26)/t12-,13+,14-/m0/s1. The Labute approximate surface area is 158 Å². The van der Waals surface area contributed by atoms with Crippen molar-refractivity contribution in [3.8, 4) is 11.8 Å². The highest BCUT2D eigenvalue weighted by Crippen LogP contribution is 2.49. The number of hydrogen-bond acceptors (Lipinski definition) is 5. The number of hydrogen-bond donors (Lipinski definition) is 3. The molecule has 7 nitrogen and oxygen atoms in total.